The molecule has 0 saturated heterocycles. The average molecular weight is 301 g/mol. The van der Waals surface area contributed by atoms with E-state index in [4.69, 9.17) is 5.11 Å². The summed E-state index contributed by atoms with van der Waals surface area (Å²) in [6.45, 7) is 1.36. The predicted octanol–water partition coefficient (Wildman–Crippen LogP) is 2.40. The number of carboxylic acids is 1. The zero-order chi connectivity index (χ0) is 15.8. The van der Waals surface area contributed by atoms with E-state index in [1.165, 1.54) is 19.1 Å². The van der Waals surface area contributed by atoms with Crippen LogP contribution in [-0.4, -0.2) is 23.0 Å². The van der Waals surface area contributed by atoms with Crippen LogP contribution >= 0.6 is 0 Å². The molecule has 0 heterocycles. The molecule has 3 atom stereocenters. The molecule has 1 fully saturated rings. The molecule has 0 aromatic heterocycles. The number of hydrogen-bond donors (Lipinski definition) is 2. The second-order valence-electron chi connectivity index (χ2n) is 5.14. The standard InChI is InChI=1S/C14H14F3NO3/c1-7(13(20)21)18-12(19)11-6-10(11)8-2-4-9(5-3-8)14(15,16)17/h2-5,7,10-11H,6H2,1H3,(H,18,19)(H,20,21). The quantitative estimate of drug-likeness (QED) is 0.897. The van der Waals surface area contributed by atoms with Crippen LogP contribution in [0.5, 0.6) is 0 Å². The van der Waals surface area contributed by atoms with E-state index in [9.17, 15) is 22.8 Å². The molecule has 1 saturated carbocycles. The maximum Gasteiger partial charge on any atom is 0.416 e. The van der Waals surface area contributed by atoms with E-state index >= 15 is 0 Å². The van der Waals surface area contributed by atoms with Gasteiger partial charge in [-0.1, -0.05) is 12.1 Å². The minimum absolute atomic E-state index is 0.145. The molecule has 1 amide bonds. The first-order valence-corrected chi connectivity index (χ1v) is 6.40. The van der Waals surface area contributed by atoms with Crippen molar-refractivity contribution in [2.45, 2.75) is 31.5 Å². The minimum atomic E-state index is -4.38. The molecule has 0 bridgehead atoms. The van der Waals surface area contributed by atoms with Gasteiger partial charge in [0.15, 0.2) is 0 Å². The van der Waals surface area contributed by atoms with Gasteiger partial charge in [-0.3, -0.25) is 9.59 Å². The van der Waals surface area contributed by atoms with Crippen LogP contribution in [0.1, 0.15) is 30.4 Å². The summed E-state index contributed by atoms with van der Waals surface area (Å²) in [5.74, 6) is -2.03. The maximum atomic E-state index is 12.4. The number of hydrogen-bond acceptors (Lipinski definition) is 2. The molecule has 1 aromatic carbocycles. The van der Waals surface area contributed by atoms with Crippen molar-refractivity contribution in [3.63, 3.8) is 0 Å². The summed E-state index contributed by atoms with van der Waals surface area (Å²) < 4.78 is 37.3. The summed E-state index contributed by atoms with van der Waals surface area (Å²) in [5, 5.41) is 11.1. The molecule has 114 valence electrons. The molecule has 3 unspecified atom stereocenters. The average Bonchev–Trinajstić information content (AvgIpc) is 3.18. The van der Waals surface area contributed by atoms with E-state index < -0.39 is 23.8 Å². The van der Waals surface area contributed by atoms with Crippen LogP contribution in [0.3, 0.4) is 0 Å². The van der Waals surface area contributed by atoms with Crippen molar-refractivity contribution >= 4 is 11.9 Å². The molecule has 0 spiro atoms. The van der Waals surface area contributed by atoms with Gasteiger partial charge in [0, 0.05) is 5.92 Å². The number of halogens is 3. The number of carbonyl (C=O) groups excluding carboxylic acids is 1. The third-order valence-corrected chi connectivity index (χ3v) is 3.52. The van der Waals surface area contributed by atoms with Gasteiger partial charge in [0.05, 0.1) is 5.56 Å². The van der Waals surface area contributed by atoms with Crippen LogP contribution in [0, 0.1) is 5.92 Å². The van der Waals surface area contributed by atoms with Gasteiger partial charge in [-0.25, -0.2) is 0 Å². The van der Waals surface area contributed by atoms with Gasteiger partial charge < -0.3 is 10.4 Å². The summed E-state index contributed by atoms with van der Waals surface area (Å²) in [6.07, 6.45) is -3.86. The number of carbonyl (C=O) groups is 2. The van der Waals surface area contributed by atoms with Crippen LogP contribution in [0.2, 0.25) is 0 Å². The lowest BCUT2D eigenvalue weighted by Crippen LogP contribution is -2.39. The van der Waals surface area contributed by atoms with E-state index in [0.717, 1.165) is 12.1 Å². The Labute approximate surface area is 119 Å². The molecule has 2 N–H and O–H groups in total. The van der Waals surface area contributed by atoms with Gasteiger partial charge in [0.25, 0.3) is 0 Å². The fourth-order valence-electron chi connectivity index (χ4n) is 2.15. The Morgan fingerprint density at radius 2 is 1.86 bits per heavy atom. The lowest BCUT2D eigenvalue weighted by Gasteiger charge is -2.09. The van der Waals surface area contributed by atoms with E-state index in [2.05, 4.69) is 5.32 Å². The summed E-state index contributed by atoms with van der Waals surface area (Å²) >= 11 is 0. The van der Waals surface area contributed by atoms with Crippen LogP contribution in [0.4, 0.5) is 13.2 Å². The highest BCUT2D eigenvalue weighted by atomic mass is 19.4. The molecule has 1 aliphatic rings. The molecule has 7 heteroatoms. The van der Waals surface area contributed by atoms with Crippen LogP contribution in [0.25, 0.3) is 0 Å². The summed E-state index contributed by atoms with van der Waals surface area (Å²) in [7, 11) is 0. The first kappa shape index (κ1) is 15.3. The monoisotopic (exact) mass is 301 g/mol. The largest absolute Gasteiger partial charge is 0.480 e. The van der Waals surface area contributed by atoms with Gasteiger partial charge in [-0.05, 0) is 37.0 Å². The van der Waals surface area contributed by atoms with Gasteiger partial charge in [0.1, 0.15) is 6.04 Å². The molecule has 1 aromatic rings. The van der Waals surface area contributed by atoms with E-state index in [0.29, 0.717) is 12.0 Å². The van der Waals surface area contributed by atoms with Gasteiger partial charge in [-0.2, -0.15) is 13.2 Å². The molecule has 2 rings (SSSR count). The van der Waals surface area contributed by atoms with E-state index in [-0.39, 0.29) is 17.7 Å². The number of carboxylic acid groups (broad SMARTS) is 1. The molecular formula is C14H14F3NO3. The van der Waals surface area contributed by atoms with E-state index in [1.54, 1.807) is 0 Å². The fraction of sp³-hybridized carbons (Fsp3) is 0.429. The lowest BCUT2D eigenvalue weighted by molar-refractivity contribution is -0.141. The number of amides is 1. The first-order valence-electron chi connectivity index (χ1n) is 6.40. The third kappa shape index (κ3) is 3.53. The molecule has 21 heavy (non-hydrogen) atoms. The van der Waals surface area contributed by atoms with Crippen LogP contribution < -0.4 is 5.32 Å². The van der Waals surface area contributed by atoms with Crippen LogP contribution in [-0.2, 0) is 15.8 Å². The summed E-state index contributed by atoms with van der Waals surface area (Å²) in [6, 6.07) is 3.72. The Morgan fingerprint density at radius 3 is 2.33 bits per heavy atom. The SMILES string of the molecule is CC(NC(=O)C1CC1c1ccc(C(F)(F)F)cc1)C(=O)O. The van der Waals surface area contributed by atoms with Gasteiger partial charge in [0.2, 0.25) is 5.91 Å². The highest BCUT2D eigenvalue weighted by Crippen LogP contribution is 2.48. The Balaban J connectivity index is 1.97. The fourth-order valence-corrected chi connectivity index (χ4v) is 2.15. The van der Waals surface area contributed by atoms with Crippen molar-refractivity contribution in [1.82, 2.24) is 5.32 Å². The van der Waals surface area contributed by atoms with Crippen molar-refractivity contribution in [2.75, 3.05) is 0 Å². The van der Waals surface area contributed by atoms with Crippen molar-refractivity contribution in [3.8, 4) is 0 Å². The van der Waals surface area contributed by atoms with Crippen molar-refractivity contribution in [3.05, 3.63) is 35.4 Å². The number of aliphatic carboxylic acids is 1. The van der Waals surface area contributed by atoms with Gasteiger partial charge in [-0.15, -0.1) is 0 Å². The Hall–Kier alpha value is -2.05. The second-order valence-corrected chi connectivity index (χ2v) is 5.14. The zero-order valence-corrected chi connectivity index (χ0v) is 11.1. The molecule has 4 nitrogen and oxygen atoms in total. The van der Waals surface area contributed by atoms with E-state index in [1.807, 2.05) is 0 Å². The Kier molecular flexibility index (Phi) is 3.93. The molecular weight excluding hydrogens is 287 g/mol. The molecule has 1 aliphatic carbocycles. The predicted molar refractivity (Wildman–Crippen MR) is 67.5 cm³/mol. The number of alkyl halides is 3. The maximum absolute atomic E-state index is 12.4. The smallest absolute Gasteiger partial charge is 0.416 e. The number of nitrogens with one attached hydrogen (secondary N) is 1. The lowest BCUT2D eigenvalue weighted by atomic mass is 10.1. The highest BCUT2D eigenvalue weighted by molar-refractivity contribution is 5.87. The van der Waals surface area contributed by atoms with Crippen molar-refractivity contribution in [1.29, 1.82) is 0 Å². The third-order valence-electron chi connectivity index (χ3n) is 3.52. The summed E-state index contributed by atoms with van der Waals surface area (Å²) in [4.78, 5) is 22.4. The van der Waals surface area contributed by atoms with Gasteiger partial charge >= 0.3 is 12.1 Å². The highest BCUT2D eigenvalue weighted by Gasteiger charge is 2.44. The molecule has 0 radical (unpaired) electrons. The topological polar surface area (TPSA) is 66.4 Å². The minimum Gasteiger partial charge on any atom is -0.480 e. The number of benzene rings is 1. The van der Waals surface area contributed by atoms with Crippen molar-refractivity contribution < 1.29 is 27.9 Å². The van der Waals surface area contributed by atoms with Crippen molar-refractivity contribution in [2.24, 2.45) is 5.92 Å². The Morgan fingerprint density at radius 1 is 1.29 bits per heavy atom. The molecule has 0 aliphatic heterocycles. The second kappa shape index (κ2) is 5.38. The zero-order valence-electron chi connectivity index (χ0n) is 11.1. The Bertz CT molecular complexity index is 554. The van der Waals surface area contributed by atoms with Crippen LogP contribution in [0.15, 0.2) is 24.3 Å². The summed E-state index contributed by atoms with van der Waals surface area (Å²) in [5.41, 5.74) is -0.0708. The number of rotatable bonds is 4. The first-order chi connectivity index (χ1) is 9.70. The normalized spacial score (nSPS) is 22.5.